The normalized spacial score (nSPS) is 20.3. The summed E-state index contributed by atoms with van der Waals surface area (Å²) in [4.78, 5) is 17.3. The van der Waals surface area contributed by atoms with E-state index in [0.717, 1.165) is 45.7 Å². The molecule has 2 atom stereocenters. The SMILES string of the molecule is Cc1nc(-c2cccnc2)sc1-c1cccc(N2CC(C)OC(C)C2)n1. The van der Waals surface area contributed by atoms with Crippen molar-refractivity contribution in [2.75, 3.05) is 18.0 Å². The lowest BCUT2D eigenvalue weighted by molar-refractivity contribution is -0.00545. The van der Waals surface area contributed by atoms with Gasteiger partial charge in [0, 0.05) is 31.0 Å². The van der Waals surface area contributed by atoms with Crippen LogP contribution in [0, 0.1) is 6.92 Å². The molecule has 1 saturated heterocycles. The lowest BCUT2D eigenvalue weighted by atomic mass is 10.2. The summed E-state index contributed by atoms with van der Waals surface area (Å²) in [5, 5.41) is 0.978. The quantitative estimate of drug-likeness (QED) is 0.696. The Hall–Kier alpha value is -2.31. The van der Waals surface area contributed by atoms with Crippen molar-refractivity contribution in [3.8, 4) is 21.1 Å². The van der Waals surface area contributed by atoms with E-state index in [0.29, 0.717) is 0 Å². The summed E-state index contributed by atoms with van der Waals surface area (Å²) in [6, 6.07) is 10.2. The first-order valence-electron chi connectivity index (χ1n) is 8.86. The number of thiazole rings is 1. The van der Waals surface area contributed by atoms with Crippen molar-refractivity contribution in [2.45, 2.75) is 33.0 Å². The molecule has 1 aliphatic rings. The van der Waals surface area contributed by atoms with Gasteiger partial charge in [-0.05, 0) is 45.0 Å². The van der Waals surface area contributed by atoms with Gasteiger partial charge in [0.15, 0.2) is 0 Å². The summed E-state index contributed by atoms with van der Waals surface area (Å²) in [7, 11) is 0. The van der Waals surface area contributed by atoms with Crippen LogP contribution in [0.5, 0.6) is 0 Å². The van der Waals surface area contributed by atoms with E-state index >= 15 is 0 Å². The third-order valence-electron chi connectivity index (χ3n) is 4.42. The highest BCUT2D eigenvalue weighted by molar-refractivity contribution is 7.18. The molecule has 1 aliphatic heterocycles. The molecule has 4 rings (SSSR count). The van der Waals surface area contributed by atoms with Gasteiger partial charge in [0.2, 0.25) is 0 Å². The van der Waals surface area contributed by atoms with Crippen LogP contribution in [0.1, 0.15) is 19.5 Å². The van der Waals surface area contributed by atoms with E-state index in [4.69, 9.17) is 14.7 Å². The van der Waals surface area contributed by atoms with Gasteiger partial charge in [0.1, 0.15) is 10.8 Å². The van der Waals surface area contributed by atoms with Crippen molar-refractivity contribution < 1.29 is 4.74 Å². The topological polar surface area (TPSA) is 51.1 Å². The van der Waals surface area contributed by atoms with Crippen molar-refractivity contribution in [1.82, 2.24) is 15.0 Å². The average Bonchev–Trinajstić information content (AvgIpc) is 3.04. The number of ether oxygens (including phenoxy) is 1. The molecule has 0 N–H and O–H groups in total. The maximum atomic E-state index is 5.84. The highest BCUT2D eigenvalue weighted by atomic mass is 32.1. The second-order valence-electron chi connectivity index (χ2n) is 6.72. The molecule has 4 heterocycles. The summed E-state index contributed by atoms with van der Waals surface area (Å²) < 4.78 is 5.84. The lowest BCUT2D eigenvalue weighted by Crippen LogP contribution is -2.45. The second kappa shape index (κ2) is 7.13. The van der Waals surface area contributed by atoms with Gasteiger partial charge in [0.25, 0.3) is 0 Å². The molecule has 0 bridgehead atoms. The Labute approximate surface area is 157 Å². The third-order valence-corrected chi connectivity index (χ3v) is 5.64. The molecule has 2 unspecified atom stereocenters. The maximum Gasteiger partial charge on any atom is 0.129 e. The van der Waals surface area contributed by atoms with E-state index in [9.17, 15) is 0 Å². The number of morpholine rings is 1. The number of nitrogens with zero attached hydrogens (tertiary/aromatic N) is 4. The number of hydrogen-bond donors (Lipinski definition) is 0. The molecule has 0 amide bonds. The zero-order valence-corrected chi connectivity index (χ0v) is 16.0. The van der Waals surface area contributed by atoms with Gasteiger partial charge >= 0.3 is 0 Å². The summed E-state index contributed by atoms with van der Waals surface area (Å²) in [5.74, 6) is 1.00. The molecule has 0 aromatic carbocycles. The Morgan fingerprint density at radius 2 is 1.88 bits per heavy atom. The lowest BCUT2D eigenvalue weighted by Gasteiger charge is -2.36. The van der Waals surface area contributed by atoms with Gasteiger partial charge in [-0.2, -0.15) is 0 Å². The predicted octanol–water partition coefficient (Wildman–Crippen LogP) is 4.19. The Bertz CT molecular complexity index is 886. The molecule has 26 heavy (non-hydrogen) atoms. The van der Waals surface area contributed by atoms with Crippen LogP contribution in [0.4, 0.5) is 5.82 Å². The first-order chi connectivity index (χ1) is 12.6. The van der Waals surface area contributed by atoms with Crippen LogP contribution in [0.25, 0.3) is 21.1 Å². The molecular weight excluding hydrogens is 344 g/mol. The Kier molecular flexibility index (Phi) is 4.70. The van der Waals surface area contributed by atoms with Gasteiger partial charge < -0.3 is 9.64 Å². The molecule has 0 saturated carbocycles. The maximum absolute atomic E-state index is 5.84. The number of anilines is 1. The van der Waals surface area contributed by atoms with E-state index in [2.05, 4.69) is 41.9 Å². The largest absolute Gasteiger partial charge is 0.372 e. The van der Waals surface area contributed by atoms with Crippen LogP contribution in [0.3, 0.4) is 0 Å². The van der Waals surface area contributed by atoms with Gasteiger partial charge in [-0.25, -0.2) is 9.97 Å². The zero-order chi connectivity index (χ0) is 18.1. The molecule has 134 valence electrons. The van der Waals surface area contributed by atoms with E-state index in [-0.39, 0.29) is 12.2 Å². The molecular formula is C20H22N4OS. The summed E-state index contributed by atoms with van der Waals surface area (Å²) in [5.41, 5.74) is 3.01. The zero-order valence-electron chi connectivity index (χ0n) is 15.2. The minimum Gasteiger partial charge on any atom is -0.372 e. The standard InChI is InChI=1S/C20H22N4OS/c1-13-11-24(12-14(2)25-13)18-8-4-7-17(23-18)19-15(3)22-20(26-19)16-6-5-9-21-10-16/h4-10,13-14H,11-12H2,1-3H3. The van der Waals surface area contributed by atoms with Gasteiger partial charge in [-0.3, -0.25) is 4.98 Å². The number of aryl methyl sites for hydroxylation is 1. The fourth-order valence-electron chi connectivity index (χ4n) is 3.34. The van der Waals surface area contributed by atoms with Crippen molar-refractivity contribution in [2.24, 2.45) is 0 Å². The van der Waals surface area contributed by atoms with E-state index in [1.54, 1.807) is 17.5 Å². The third kappa shape index (κ3) is 3.48. The molecule has 6 heteroatoms. The molecule has 3 aromatic rings. The summed E-state index contributed by atoms with van der Waals surface area (Å²) in [6.45, 7) is 7.99. The monoisotopic (exact) mass is 366 g/mol. The first kappa shape index (κ1) is 17.1. The molecule has 0 spiro atoms. The molecule has 1 fully saturated rings. The number of pyridine rings is 2. The average molecular weight is 366 g/mol. The van der Waals surface area contributed by atoms with Gasteiger partial charge in [0.05, 0.1) is 28.5 Å². The van der Waals surface area contributed by atoms with E-state index in [1.807, 2.05) is 25.3 Å². The Balaban J connectivity index is 1.66. The minimum atomic E-state index is 0.214. The number of hydrogen-bond acceptors (Lipinski definition) is 6. The molecule has 0 radical (unpaired) electrons. The van der Waals surface area contributed by atoms with Crippen LogP contribution >= 0.6 is 11.3 Å². The van der Waals surface area contributed by atoms with Crippen molar-refractivity contribution >= 4 is 17.2 Å². The van der Waals surface area contributed by atoms with Crippen molar-refractivity contribution in [3.63, 3.8) is 0 Å². The fraction of sp³-hybridized carbons (Fsp3) is 0.350. The van der Waals surface area contributed by atoms with Crippen molar-refractivity contribution in [1.29, 1.82) is 0 Å². The first-order valence-corrected chi connectivity index (χ1v) is 9.67. The van der Waals surface area contributed by atoms with Crippen LogP contribution in [0.2, 0.25) is 0 Å². The Morgan fingerprint density at radius 3 is 2.62 bits per heavy atom. The Morgan fingerprint density at radius 1 is 1.08 bits per heavy atom. The van der Waals surface area contributed by atoms with Crippen LogP contribution in [-0.4, -0.2) is 40.2 Å². The molecule has 5 nitrogen and oxygen atoms in total. The summed E-state index contributed by atoms with van der Waals surface area (Å²) >= 11 is 1.67. The van der Waals surface area contributed by atoms with Gasteiger partial charge in [-0.1, -0.05) is 6.07 Å². The van der Waals surface area contributed by atoms with E-state index in [1.165, 1.54) is 0 Å². The van der Waals surface area contributed by atoms with Crippen LogP contribution < -0.4 is 4.90 Å². The highest BCUT2D eigenvalue weighted by Crippen LogP contribution is 2.34. The van der Waals surface area contributed by atoms with Gasteiger partial charge in [-0.15, -0.1) is 11.3 Å². The van der Waals surface area contributed by atoms with Crippen LogP contribution in [0.15, 0.2) is 42.7 Å². The van der Waals surface area contributed by atoms with E-state index < -0.39 is 0 Å². The summed E-state index contributed by atoms with van der Waals surface area (Å²) in [6.07, 6.45) is 4.06. The number of aromatic nitrogens is 3. The van der Waals surface area contributed by atoms with Crippen molar-refractivity contribution in [3.05, 3.63) is 48.4 Å². The minimum absolute atomic E-state index is 0.214. The fourth-order valence-corrected chi connectivity index (χ4v) is 4.36. The second-order valence-corrected chi connectivity index (χ2v) is 7.72. The molecule has 0 aliphatic carbocycles. The predicted molar refractivity (Wildman–Crippen MR) is 106 cm³/mol. The smallest absolute Gasteiger partial charge is 0.129 e. The highest BCUT2D eigenvalue weighted by Gasteiger charge is 2.23. The number of rotatable bonds is 3. The molecule has 3 aromatic heterocycles. The van der Waals surface area contributed by atoms with Crippen LogP contribution in [-0.2, 0) is 4.74 Å².